The first-order chi connectivity index (χ1) is 12.7. The van der Waals surface area contributed by atoms with E-state index < -0.39 is 0 Å². The Morgan fingerprint density at radius 3 is 2.59 bits per heavy atom. The smallest absolute Gasteiger partial charge is 0.354 e. The van der Waals surface area contributed by atoms with Gasteiger partial charge in [0, 0.05) is 24.2 Å². The maximum absolute atomic E-state index is 12.4. The Morgan fingerprint density at radius 2 is 2.07 bits per heavy atom. The molecule has 2 heterocycles. The molecular weight excluding hydrogens is 340 g/mol. The lowest BCUT2D eigenvalue weighted by atomic mass is 9.86. The fourth-order valence-corrected chi connectivity index (χ4v) is 4.15. The van der Waals surface area contributed by atoms with E-state index in [4.69, 9.17) is 14.5 Å². The first-order valence-electron chi connectivity index (χ1n) is 9.82. The molecule has 0 saturated heterocycles. The van der Waals surface area contributed by atoms with Crippen LogP contribution in [0.3, 0.4) is 0 Å². The summed E-state index contributed by atoms with van der Waals surface area (Å²) < 4.78 is 12.8. The first-order valence-corrected chi connectivity index (χ1v) is 9.82. The van der Waals surface area contributed by atoms with Crippen LogP contribution in [0.25, 0.3) is 11.0 Å². The van der Waals surface area contributed by atoms with Crippen molar-refractivity contribution >= 4 is 17.0 Å². The van der Waals surface area contributed by atoms with Crippen LogP contribution in [0.4, 0.5) is 0 Å². The van der Waals surface area contributed by atoms with Crippen LogP contribution in [0.1, 0.15) is 75.9 Å². The highest BCUT2D eigenvalue weighted by atomic mass is 16.5. The predicted molar refractivity (Wildman–Crippen MR) is 107 cm³/mol. The summed E-state index contributed by atoms with van der Waals surface area (Å²) in [6, 6.07) is 4.11. The lowest BCUT2D eigenvalue weighted by molar-refractivity contribution is 0.00919. The van der Waals surface area contributed by atoms with Crippen LogP contribution >= 0.6 is 0 Å². The molecule has 0 aromatic carbocycles. The molecule has 0 aliphatic heterocycles. The molecule has 1 fully saturated rings. The molecule has 0 N–H and O–H groups in total. The van der Waals surface area contributed by atoms with E-state index in [1.54, 1.807) is 7.11 Å². The second-order valence-corrected chi connectivity index (χ2v) is 8.77. The van der Waals surface area contributed by atoms with Crippen molar-refractivity contribution in [1.29, 1.82) is 0 Å². The molecule has 3 atom stereocenters. The van der Waals surface area contributed by atoms with Gasteiger partial charge in [-0.2, -0.15) is 0 Å². The summed E-state index contributed by atoms with van der Waals surface area (Å²) >= 11 is 0. The molecule has 2 aromatic heterocycles. The summed E-state index contributed by atoms with van der Waals surface area (Å²) in [4.78, 5) is 17.2. The minimum Gasteiger partial charge on any atom is -0.464 e. The highest BCUT2D eigenvalue weighted by Gasteiger charge is 2.50. The number of carbonyl (C=O) groups is 1. The molecule has 0 bridgehead atoms. The molecule has 27 heavy (non-hydrogen) atoms. The van der Waals surface area contributed by atoms with Gasteiger partial charge in [0.15, 0.2) is 0 Å². The number of pyridine rings is 1. The van der Waals surface area contributed by atoms with E-state index in [0.717, 1.165) is 30.3 Å². The first kappa shape index (κ1) is 19.9. The number of aromatic nitrogens is 2. The van der Waals surface area contributed by atoms with Crippen LogP contribution in [0.5, 0.6) is 0 Å². The van der Waals surface area contributed by atoms with Gasteiger partial charge in [-0.05, 0) is 69.6 Å². The Morgan fingerprint density at radius 1 is 1.41 bits per heavy atom. The van der Waals surface area contributed by atoms with Gasteiger partial charge >= 0.3 is 5.97 Å². The van der Waals surface area contributed by atoms with Crippen molar-refractivity contribution in [1.82, 2.24) is 9.55 Å². The molecular formula is C22H32N2O3. The maximum Gasteiger partial charge on any atom is 0.354 e. The monoisotopic (exact) mass is 372 g/mol. The van der Waals surface area contributed by atoms with Crippen LogP contribution < -0.4 is 0 Å². The number of methoxy groups -OCH3 is 2. The zero-order chi connectivity index (χ0) is 20.0. The summed E-state index contributed by atoms with van der Waals surface area (Å²) in [5.41, 5.74) is 2.40. The third-order valence-electron chi connectivity index (χ3n) is 6.44. The molecule has 148 valence electrons. The number of rotatable bonds is 7. The number of hydrogen-bond acceptors (Lipinski definition) is 4. The molecule has 0 radical (unpaired) electrons. The average molecular weight is 373 g/mol. The number of fused-ring (bicyclic) bond motifs is 1. The van der Waals surface area contributed by atoms with Gasteiger partial charge in [0.25, 0.3) is 0 Å². The fourth-order valence-electron chi connectivity index (χ4n) is 4.15. The molecule has 0 spiro atoms. The van der Waals surface area contributed by atoms with E-state index in [1.165, 1.54) is 12.7 Å². The van der Waals surface area contributed by atoms with Crippen LogP contribution in [-0.2, 0) is 15.0 Å². The van der Waals surface area contributed by atoms with Crippen molar-refractivity contribution in [3.8, 4) is 0 Å². The molecule has 5 nitrogen and oxygen atoms in total. The van der Waals surface area contributed by atoms with Crippen molar-refractivity contribution in [3.63, 3.8) is 0 Å². The van der Waals surface area contributed by atoms with Gasteiger partial charge < -0.3 is 14.0 Å². The zero-order valence-electron chi connectivity index (χ0n) is 17.6. The summed E-state index contributed by atoms with van der Waals surface area (Å²) in [5.74, 6) is 0.573. The van der Waals surface area contributed by atoms with Gasteiger partial charge in [0.2, 0.25) is 0 Å². The third-order valence-corrected chi connectivity index (χ3v) is 6.44. The van der Waals surface area contributed by atoms with Gasteiger partial charge in [-0.3, -0.25) is 0 Å². The van der Waals surface area contributed by atoms with Gasteiger partial charge in [0.05, 0.1) is 12.7 Å². The number of carbonyl (C=O) groups excluding carboxylic acids is 1. The highest BCUT2D eigenvalue weighted by Crippen LogP contribution is 2.51. The molecule has 1 saturated carbocycles. The Kier molecular flexibility index (Phi) is 5.10. The number of ether oxygens (including phenoxy) is 2. The Labute approximate surface area is 162 Å². The SMILES string of the molecule is CCC(CC(C)(C)OC)c1cnc2c(c1)cc(C(=O)OC)n2C1(C)CC1C. The van der Waals surface area contributed by atoms with E-state index in [-0.39, 0.29) is 17.1 Å². The lowest BCUT2D eigenvalue weighted by Crippen LogP contribution is -2.25. The van der Waals surface area contributed by atoms with E-state index in [9.17, 15) is 4.79 Å². The van der Waals surface area contributed by atoms with E-state index in [2.05, 4.69) is 45.3 Å². The topological polar surface area (TPSA) is 53.4 Å². The summed E-state index contributed by atoms with van der Waals surface area (Å²) in [6.45, 7) is 10.8. The largest absolute Gasteiger partial charge is 0.464 e. The average Bonchev–Trinajstić information content (AvgIpc) is 3.08. The standard InChI is InChI=1S/C22H32N2O3/c1-8-15(12-21(3,4)27-7)17-9-16-10-18(20(25)26-6)24(19(16)23-13-17)22(5)11-14(22)2/h9-10,13-15H,8,11-12H2,1-7H3. The minimum absolute atomic E-state index is 0.0675. The second-order valence-electron chi connectivity index (χ2n) is 8.77. The van der Waals surface area contributed by atoms with Gasteiger partial charge in [-0.25, -0.2) is 9.78 Å². The molecule has 1 aliphatic carbocycles. The van der Waals surface area contributed by atoms with Crippen molar-refractivity contribution in [2.45, 2.75) is 70.9 Å². The summed E-state index contributed by atoms with van der Waals surface area (Å²) in [7, 11) is 3.19. The normalized spacial score (nSPS) is 23.4. The lowest BCUT2D eigenvalue weighted by Gasteiger charge is -2.28. The number of hydrogen-bond donors (Lipinski definition) is 0. The predicted octanol–water partition coefficient (Wildman–Crippen LogP) is 4.89. The van der Waals surface area contributed by atoms with E-state index in [0.29, 0.717) is 17.5 Å². The molecule has 3 rings (SSSR count). The van der Waals surface area contributed by atoms with Crippen LogP contribution in [0.2, 0.25) is 0 Å². The number of nitrogens with zero attached hydrogens (tertiary/aromatic N) is 2. The second kappa shape index (κ2) is 6.93. The summed E-state index contributed by atoms with van der Waals surface area (Å²) in [6.07, 6.45) is 4.95. The van der Waals surface area contributed by atoms with Crippen molar-refractivity contribution in [2.24, 2.45) is 5.92 Å². The Bertz CT molecular complexity index is 855. The molecule has 0 amide bonds. The van der Waals surface area contributed by atoms with Crippen molar-refractivity contribution < 1.29 is 14.3 Å². The van der Waals surface area contributed by atoms with Gasteiger partial charge in [-0.15, -0.1) is 0 Å². The molecule has 3 unspecified atom stereocenters. The molecule has 2 aromatic rings. The zero-order valence-corrected chi connectivity index (χ0v) is 17.6. The molecule has 1 aliphatic rings. The van der Waals surface area contributed by atoms with E-state index in [1.807, 2.05) is 12.3 Å². The Hall–Kier alpha value is -1.88. The van der Waals surface area contributed by atoms with Crippen LogP contribution in [0.15, 0.2) is 18.3 Å². The highest BCUT2D eigenvalue weighted by molar-refractivity contribution is 5.95. The summed E-state index contributed by atoms with van der Waals surface area (Å²) in [5, 5.41) is 1.00. The van der Waals surface area contributed by atoms with Crippen molar-refractivity contribution in [2.75, 3.05) is 14.2 Å². The van der Waals surface area contributed by atoms with Crippen LogP contribution in [0, 0.1) is 5.92 Å². The van der Waals surface area contributed by atoms with E-state index >= 15 is 0 Å². The van der Waals surface area contributed by atoms with Crippen LogP contribution in [-0.4, -0.2) is 35.3 Å². The van der Waals surface area contributed by atoms with Gasteiger partial charge in [-0.1, -0.05) is 13.8 Å². The molecule has 5 heteroatoms. The quantitative estimate of drug-likeness (QED) is 0.650. The Balaban J connectivity index is 2.07. The minimum atomic E-state index is -0.303. The number of esters is 1. The fraction of sp³-hybridized carbons (Fsp3) is 0.636. The van der Waals surface area contributed by atoms with Crippen molar-refractivity contribution in [3.05, 3.63) is 29.6 Å². The van der Waals surface area contributed by atoms with Gasteiger partial charge in [0.1, 0.15) is 11.3 Å². The third kappa shape index (κ3) is 3.49. The maximum atomic E-state index is 12.4.